The summed E-state index contributed by atoms with van der Waals surface area (Å²) in [7, 11) is 1.54. The maximum absolute atomic E-state index is 12.1. The van der Waals surface area contributed by atoms with Gasteiger partial charge in [-0.05, 0) is 23.9 Å². The summed E-state index contributed by atoms with van der Waals surface area (Å²) in [5.41, 5.74) is 2.83. The lowest BCUT2D eigenvalue weighted by Gasteiger charge is -2.42. The summed E-state index contributed by atoms with van der Waals surface area (Å²) in [5.74, 6) is 0.833. The molecule has 9 heteroatoms. The van der Waals surface area contributed by atoms with Crippen molar-refractivity contribution < 1.29 is 19.7 Å². The number of hydrogen-bond acceptors (Lipinski definition) is 8. The van der Waals surface area contributed by atoms with Crippen LogP contribution in [0.2, 0.25) is 0 Å². The average molecular weight is 476 g/mol. The van der Waals surface area contributed by atoms with Gasteiger partial charge in [0.2, 0.25) is 5.91 Å². The average Bonchev–Trinajstić information content (AvgIpc) is 2.90. The zero-order valence-corrected chi connectivity index (χ0v) is 19.7. The number of hydrogen-bond donors (Lipinski definition) is 2. The van der Waals surface area contributed by atoms with Crippen LogP contribution in [0.4, 0.5) is 11.5 Å². The minimum atomic E-state index is -0.288. The quantitative estimate of drug-likeness (QED) is 0.541. The van der Waals surface area contributed by atoms with Crippen molar-refractivity contribution in [2.45, 2.75) is 19.0 Å². The van der Waals surface area contributed by atoms with Gasteiger partial charge >= 0.3 is 6.01 Å². The van der Waals surface area contributed by atoms with E-state index in [1.807, 2.05) is 18.2 Å². The molecule has 0 aliphatic carbocycles. The largest absolute Gasteiger partial charge is 0.508 e. The van der Waals surface area contributed by atoms with Crippen LogP contribution in [0, 0.1) is 0 Å². The van der Waals surface area contributed by atoms with Gasteiger partial charge < -0.3 is 29.6 Å². The Kier molecular flexibility index (Phi) is 6.17. The van der Waals surface area contributed by atoms with E-state index in [0.29, 0.717) is 32.6 Å². The van der Waals surface area contributed by atoms with Crippen LogP contribution in [0.25, 0.3) is 10.8 Å². The Labute approximate surface area is 203 Å². The Morgan fingerprint density at radius 1 is 1.23 bits per heavy atom. The van der Waals surface area contributed by atoms with E-state index in [0.717, 1.165) is 40.1 Å². The number of methoxy groups -OCH3 is 1. The van der Waals surface area contributed by atoms with Crippen molar-refractivity contribution in [3.63, 3.8) is 0 Å². The summed E-state index contributed by atoms with van der Waals surface area (Å²) in [6.45, 7) is 6.18. The Balaban J connectivity index is 1.50. The lowest BCUT2D eigenvalue weighted by molar-refractivity contribution is -0.126. The van der Waals surface area contributed by atoms with Crippen molar-refractivity contribution in [3.8, 4) is 11.8 Å². The number of aromatic nitrogens is 2. The summed E-state index contributed by atoms with van der Waals surface area (Å²) in [5, 5.41) is 22.5. The molecular weight excluding hydrogens is 446 g/mol. The molecule has 1 unspecified atom stereocenters. The van der Waals surface area contributed by atoms with Crippen LogP contribution in [0.5, 0.6) is 11.8 Å². The minimum absolute atomic E-state index is 0.108. The molecule has 0 saturated carbocycles. The van der Waals surface area contributed by atoms with Gasteiger partial charge in [-0.25, -0.2) is 0 Å². The molecule has 0 bridgehead atoms. The molecule has 3 aromatic rings. The number of nitrogens with zero attached hydrogens (tertiary/aromatic N) is 5. The molecule has 1 atom stereocenters. The Bertz CT molecular complexity index is 1280. The summed E-state index contributed by atoms with van der Waals surface area (Å²) in [4.78, 5) is 27.5. The van der Waals surface area contributed by atoms with Crippen molar-refractivity contribution in [1.82, 2.24) is 14.9 Å². The number of anilines is 2. The van der Waals surface area contributed by atoms with E-state index in [2.05, 4.69) is 32.4 Å². The number of carbonyl (C=O) groups is 1. The molecular formula is C26H29N5O4. The van der Waals surface area contributed by atoms with E-state index in [-0.39, 0.29) is 30.3 Å². The molecule has 1 fully saturated rings. The number of piperazine rings is 1. The molecule has 35 heavy (non-hydrogen) atoms. The van der Waals surface area contributed by atoms with E-state index in [4.69, 9.17) is 4.74 Å². The fourth-order valence-electron chi connectivity index (χ4n) is 5.08. The second kappa shape index (κ2) is 9.42. The number of fused-ring (bicyclic) bond motifs is 2. The van der Waals surface area contributed by atoms with Crippen LogP contribution in [0.1, 0.15) is 11.3 Å². The Hall–Kier alpha value is -3.85. The number of aliphatic hydroxyl groups excluding tert-OH is 1. The summed E-state index contributed by atoms with van der Waals surface area (Å²) in [6.07, 6.45) is 2.00. The standard InChI is InChI=1S/C26H29N5O4/c1-3-24(34)30-10-11-31(18(14-30)16-32)25-21-8-9-29(15-22(21)27-26(28-25)35-2)23-13-19(33)12-17-6-4-5-7-20(17)23/h3-7,12-13,18,32-33H,1,8-11,14-16H2,2H3. The van der Waals surface area contributed by atoms with Gasteiger partial charge in [0, 0.05) is 48.9 Å². The highest BCUT2D eigenvalue weighted by molar-refractivity contribution is 5.95. The molecule has 2 aromatic carbocycles. The molecule has 9 nitrogen and oxygen atoms in total. The molecule has 2 aliphatic heterocycles. The van der Waals surface area contributed by atoms with Crippen LogP contribution in [-0.2, 0) is 17.8 Å². The van der Waals surface area contributed by atoms with Crippen molar-refractivity contribution in [1.29, 1.82) is 0 Å². The van der Waals surface area contributed by atoms with Crippen molar-refractivity contribution in [2.24, 2.45) is 0 Å². The predicted octanol–water partition coefficient (Wildman–Crippen LogP) is 2.10. The van der Waals surface area contributed by atoms with Gasteiger partial charge in [0.15, 0.2) is 0 Å². The van der Waals surface area contributed by atoms with Crippen LogP contribution in [0.3, 0.4) is 0 Å². The predicted molar refractivity (Wildman–Crippen MR) is 134 cm³/mol. The molecule has 1 saturated heterocycles. The Morgan fingerprint density at radius 2 is 2.06 bits per heavy atom. The highest BCUT2D eigenvalue weighted by atomic mass is 16.5. The molecule has 2 aliphatic rings. The maximum atomic E-state index is 12.1. The van der Waals surface area contributed by atoms with E-state index < -0.39 is 0 Å². The fourth-order valence-corrected chi connectivity index (χ4v) is 5.08. The molecule has 0 radical (unpaired) electrons. The van der Waals surface area contributed by atoms with Gasteiger partial charge in [-0.15, -0.1) is 0 Å². The van der Waals surface area contributed by atoms with Gasteiger partial charge in [-0.3, -0.25) is 4.79 Å². The van der Waals surface area contributed by atoms with E-state index in [9.17, 15) is 15.0 Å². The number of rotatable bonds is 5. The number of aromatic hydroxyl groups is 1. The molecule has 1 aromatic heterocycles. The van der Waals surface area contributed by atoms with Crippen LogP contribution in [0.15, 0.2) is 49.1 Å². The third-order valence-electron chi connectivity index (χ3n) is 6.82. The SMILES string of the molecule is C=CC(=O)N1CCN(c2nc(OC)nc3c2CCN(c2cc(O)cc4ccccc24)C3)C(CO)C1. The zero-order valence-electron chi connectivity index (χ0n) is 19.7. The third kappa shape index (κ3) is 4.23. The monoisotopic (exact) mass is 475 g/mol. The van der Waals surface area contributed by atoms with Gasteiger partial charge in [-0.1, -0.05) is 30.8 Å². The number of aliphatic hydroxyl groups is 1. The number of ether oxygens (including phenoxy) is 1. The smallest absolute Gasteiger partial charge is 0.318 e. The van der Waals surface area contributed by atoms with Crippen molar-refractivity contribution in [3.05, 3.63) is 60.3 Å². The van der Waals surface area contributed by atoms with Crippen molar-refractivity contribution >= 4 is 28.2 Å². The van der Waals surface area contributed by atoms with Crippen LogP contribution in [-0.4, -0.2) is 76.9 Å². The van der Waals surface area contributed by atoms with E-state index in [1.54, 1.807) is 24.1 Å². The molecule has 3 heterocycles. The number of phenolic OH excluding ortho intramolecular Hbond substituents is 1. The van der Waals surface area contributed by atoms with Gasteiger partial charge in [0.1, 0.15) is 11.6 Å². The molecule has 5 rings (SSSR count). The van der Waals surface area contributed by atoms with E-state index >= 15 is 0 Å². The number of carbonyl (C=O) groups excluding carboxylic acids is 1. The second-order valence-corrected chi connectivity index (χ2v) is 8.83. The molecule has 182 valence electrons. The summed E-state index contributed by atoms with van der Waals surface area (Å²) < 4.78 is 5.44. The summed E-state index contributed by atoms with van der Waals surface area (Å²) >= 11 is 0. The molecule has 2 N–H and O–H groups in total. The first-order valence-electron chi connectivity index (χ1n) is 11.7. The first-order valence-corrected chi connectivity index (χ1v) is 11.7. The van der Waals surface area contributed by atoms with Crippen LogP contribution >= 0.6 is 0 Å². The highest BCUT2D eigenvalue weighted by Crippen LogP contribution is 2.36. The number of benzene rings is 2. The van der Waals surface area contributed by atoms with Gasteiger partial charge in [-0.2, -0.15) is 9.97 Å². The van der Waals surface area contributed by atoms with Crippen molar-refractivity contribution in [2.75, 3.05) is 49.7 Å². The minimum Gasteiger partial charge on any atom is -0.508 e. The zero-order chi connectivity index (χ0) is 24.5. The normalized spacial score (nSPS) is 17.9. The number of amides is 1. The van der Waals surface area contributed by atoms with Crippen LogP contribution < -0.4 is 14.5 Å². The number of phenols is 1. The highest BCUT2D eigenvalue weighted by Gasteiger charge is 2.33. The molecule has 1 amide bonds. The lowest BCUT2D eigenvalue weighted by Crippen LogP contribution is -2.56. The topological polar surface area (TPSA) is 102 Å². The molecule has 0 spiro atoms. The maximum Gasteiger partial charge on any atom is 0.318 e. The first-order chi connectivity index (χ1) is 17.0. The lowest BCUT2D eigenvalue weighted by atomic mass is 10.0. The Morgan fingerprint density at radius 3 is 2.83 bits per heavy atom. The summed E-state index contributed by atoms with van der Waals surface area (Å²) in [6, 6.07) is 11.5. The van der Waals surface area contributed by atoms with Gasteiger partial charge in [0.25, 0.3) is 0 Å². The second-order valence-electron chi connectivity index (χ2n) is 8.83. The third-order valence-corrected chi connectivity index (χ3v) is 6.82. The van der Waals surface area contributed by atoms with Gasteiger partial charge in [0.05, 0.1) is 32.0 Å². The van der Waals surface area contributed by atoms with E-state index in [1.165, 1.54) is 6.08 Å². The first kappa shape index (κ1) is 22.9. The fraction of sp³-hybridized carbons (Fsp3) is 0.346.